The highest BCUT2D eigenvalue weighted by Crippen LogP contribution is 2.28. The van der Waals surface area contributed by atoms with E-state index in [1.54, 1.807) is 0 Å². The van der Waals surface area contributed by atoms with E-state index in [1.807, 2.05) is 57.3 Å². The van der Waals surface area contributed by atoms with Crippen LogP contribution in [-0.2, 0) is 9.59 Å². The first kappa shape index (κ1) is 22.1. The molecule has 2 amide bonds. The molecule has 5 nitrogen and oxygen atoms in total. The largest absolute Gasteiger partial charge is 0.346 e. The van der Waals surface area contributed by atoms with Gasteiger partial charge >= 0.3 is 0 Å². The molecule has 0 bridgehead atoms. The summed E-state index contributed by atoms with van der Waals surface area (Å²) in [6.07, 6.45) is 0. The molecule has 0 fully saturated rings. The van der Waals surface area contributed by atoms with E-state index in [4.69, 9.17) is 0 Å². The maximum absolute atomic E-state index is 12.2. The predicted octanol–water partition coefficient (Wildman–Crippen LogP) is 4.89. The Morgan fingerprint density at radius 3 is 2.30 bits per heavy atom. The molecule has 0 atom stereocenters. The van der Waals surface area contributed by atoms with Gasteiger partial charge in [0.1, 0.15) is 0 Å². The van der Waals surface area contributed by atoms with E-state index in [0.717, 1.165) is 38.0 Å². The zero-order valence-corrected chi connectivity index (χ0v) is 19.2. The number of carbonyl (C=O) groups is 2. The van der Waals surface area contributed by atoms with Crippen LogP contribution in [0.15, 0.2) is 46.1 Å². The Bertz CT molecular complexity index is 1040. The molecule has 1 aromatic heterocycles. The number of aryl methyl sites for hydroxylation is 4. The van der Waals surface area contributed by atoms with Crippen molar-refractivity contribution >= 4 is 40.6 Å². The molecular formula is C23H25N3O2S2. The van der Waals surface area contributed by atoms with Gasteiger partial charge < -0.3 is 10.6 Å². The Balaban J connectivity index is 1.46. The van der Waals surface area contributed by atoms with Gasteiger partial charge in [0.2, 0.25) is 11.8 Å². The standard InChI is InChI=1S/C23H25N3O2S2/c1-14-5-7-18(8-6-14)19-12-29-23(25-19)30-13-21(28)24-11-20(27)26-22-16(3)9-15(2)10-17(22)4/h5-10,12H,11,13H2,1-4H3,(H,24,28)(H,26,27). The molecule has 1 heterocycles. The first-order chi connectivity index (χ1) is 14.3. The molecule has 2 aromatic carbocycles. The van der Waals surface area contributed by atoms with Crippen LogP contribution in [0.2, 0.25) is 0 Å². The maximum Gasteiger partial charge on any atom is 0.243 e. The summed E-state index contributed by atoms with van der Waals surface area (Å²) in [7, 11) is 0. The summed E-state index contributed by atoms with van der Waals surface area (Å²) in [4.78, 5) is 28.9. The molecule has 0 saturated heterocycles. The Labute approximate surface area is 185 Å². The highest BCUT2D eigenvalue weighted by molar-refractivity contribution is 8.01. The molecule has 0 aliphatic heterocycles. The van der Waals surface area contributed by atoms with E-state index in [9.17, 15) is 9.59 Å². The van der Waals surface area contributed by atoms with Gasteiger partial charge in [-0.05, 0) is 38.8 Å². The first-order valence-electron chi connectivity index (χ1n) is 9.61. The molecule has 0 unspecified atom stereocenters. The average molecular weight is 440 g/mol. The number of nitrogens with one attached hydrogen (secondary N) is 2. The van der Waals surface area contributed by atoms with Gasteiger partial charge in [0.05, 0.1) is 18.0 Å². The Hall–Kier alpha value is -2.64. The Kier molecular flexibility index (Phi) is 7.29. The van der Waals surface area contributed by atoms with E-state index in [1.165, 1.54) is 28.7 Å². The van der Waals surface area contributed by atoms with Crippen molar-refractivity contribution in [3.8, 4) is 11.3 Å². The summed E-state index contributed by atoms with van der Waals surface area (Å²) in [5, 5.41) is 7.55. The lowest BCUT2D eigenvalue weighted by molar-refractivity contribution is -0.122. The van der Waals surface area contributed by atoms with Gasteiger partial charge in [-0.1, -0.05) is 59.3 Å². The normalized spacial score (nSPS) is 10.7. The lowest BCUT2D eigenvalue weighted by atomic mass is 10.1. The van der Waals surface area contributed by atoms with E-state index in [-0.39, 0.29) is 24.1 Å². The van der Waals surface area contributed by atoms with E-state index < -0.39 is 0 Å². The first-order valence-corrected chi connectivity index (χ1v) is 11.5. The maximum atomic E-state index is 12.2. The number of thiazole rings is 1. The predicted molar refractivity (Wildman–Crippen MR) is 125 cm³/mol. The summed E-state index contributed by atoms with van der Waals surface area (Å²) in [5.74, 6) is -0.213. The fourth-order valence-corrected chi connectivity index (χ4v) is 4.76. The van der Waals surface area contributed by atoms with Crippen LogP contribution in [0.25, 0.3) is 11.3 Å². The van der Waals surface area contributed by atoms with Gasteiger partial charge in [-0.2, -0.15) is 0 Å². The fourth-order valence-electron chi connectivity index (χ4n) is 3.10. The van der Waals surface area contributed by atoms with Gasteiger partial charge in [-0.3, -0.25) is 9.59 Å². The number of hydrogen-bond donors (Lipinski definition) is 2. The Morgan fingerprint density at radius 1 is 0.967 bits per heavy atom. The molecule has 3 aromatic rings. The van der Waals surface area contributed by atoms with Crippen molar-refractivity contribution in [2.45, 2.75) is 32.0 Å². The van der Waals surface area contributed by atoms with Crippen molar-refractivity contribution in [1.82, 2.24) is 10.3 Å². The minimum atomic E-state index is -0.237. The van der Waals surface area contributed by atoms with Gasteiger partial charge in [0.15, 0.2) is 4.34 Å². The van der Waals surface area contributed by atoms with Gasteiger partial charge in [-0.25, -0.2) is 4.98 Å². The zero-order valence-electron chi connectivity index (χ0n) is 17.5. The molecular weight excluding hydrogens is 414 g/mol. The smallest absolute Gasteiger partial charge is 0.243 e. The second-order valence-corrected chi connectivity index (χ2v) is 9.33. The van der Waals surface area contributed by atoms with Gasteiger partial charge in [0, 0.05) is 16.6 Å². The third kappa shape index (κ3) is 5.93. The summed E-state index contributed by atoms with van der Waals surface area (Å²) in [5.41, 5.74) is 7.16. The highest BCUT2D eigenvalue weighted by Gasteiger charge is 2.11. The van der Waals surface area contributed by atoms with E-state index in [2.05, 4.69) is 27.8 Å². The molecule has 30 heavy (non-hydrogen) atoms. The van der Waals surface area contributed by atoms with E-state index >= 15 is 0 Å². The number of carbonyl (C=O) groups excluding carboxylic acids is 2. The molecule has 0 spiro atoms. The molecule has 2 N–H and O–H groups in total. The number of amides is 2. The summed E-state index contributed by atoms with van der Waals surface area (Å²) < 4.78 is 0.830. The number of nitrogens with zero attached hydrogens (tertiary/aromatic N) is 1. The highest BCUT2D eigenvalue weighted by atomic mass is 32.2. The summed E-state index contributed by atoms with van der Waals surface area (Å²) in [6.45, 7) is 7.94. The average Bonchev–Trinajstić information content (AvgIpc) is 3.17. The molecule has 0 aliphatic carbocycles. The van der Waals surface area contributed by atoms with Crippen LogP contribution in [-0.4, -0.2) is 29.1 Å². The van der Waals surface area contributed by atoms with Crippen LogP contribution >= 0.6 is 23.1 Å². The van der Waals surface area contributed by atoms with Crippen molar-refractivity contribution in [3.05, 3.63) is 64.0 Å². The number of thioether (sulfide) groups is 1. The van der Waals surface area contributed by atoms with Crippen molar-refractivity contribution in [3.63, 3.8) is 0 Å². The lowest BCUT2D eigenvalue weighted by Crippen LogP contribution is -2.34. The summed E-state index contributed by atoms with van der Waals surface area (Å²) in [6, 6.07) is 12.2. The third-order valence-corrected chi connectivity index (χ3v) is 6.57. The monoisotopic (exact) mass is 439 g/mol. The number of benzene rings is 2. The van der Waals surface area contributed by atoms with Crippen LogP contribution in [0.3, 0.4) is 0 Å². The van der Waals surface area contributed by atoms with Crippen LogP contribution in [0, 0.1) is 27.7 Å². The minimum Gasteiger partial charge on any atom is -0.346 e. The molecule has 0 aliphatic rings. The number of hydrogen-bond acceptors (Lipinski definition) is 5. The molecule has 156 valence electrons. The second kappa shape index (κ2) is 9.91. The minimum absolute atomic E-state index is 0.0569. The van der Waals surface area contributed by atoms with Crippen molar-refractivity contribution < 1.29 is 9.59 Å². The number of aromatic nitrogens is 1. The quantitative estimate of drug-likeness (QED) is 0.514. The van der Waals surface area contributed by atoms with Crippen molar-refractivity contribution in [2.24, 2.45) is 0 Å². The van der Waals surface area contributed by atoms with Gasteiger partial charge in [0.25, 0.3) is 0 Å². The SMILES string of the molecule is Cc1ccc(-c2csc(SCC(=O)NCC(=O)Nc3c(C)cc(C)cc3C)n2)cc1. The van der Waals surface area contributed by atoms with Crippen LogP contribution in [0.5, 0.6) is 0 Å². The molecule has 3 rings (SSSR count). The molecule has 0 saturated carbocycles. The second-order valence-electron chi connectivity index (χ2n) is 7.25. The number of rotatable bonds is 7. The molecule has 0 radical (unpaired) electrons. The third-order valence-electron chi connectivity index (χ3n) is 4.54. The van der Waals surface area contributed by atoms with Gasteiger partial charge in [-0.15, -0.1) is 11.3 Å². The Morgan fingerprint density at radius 2 is 1.63 bits per heavy atom. The topological polar surface area (TPSA) is 71.1 Å². The van der Waals surface area contributed by atoms with Crippen LogP contribution in [0.1, 0.15) is 22.3 Å². The summed E-state index contributed by atoms with van der Waals surface area (Å²) >= 11 is 2.89. The number of anilines is 1. The van der Waals surface area contributed by atoms with Crippen molar-refractivity contribution in [1.29, 1.82) is 0 Å². The van der Waals surface area contributed by atoms with Crippen molar-refractivity contribution in [2.75, 3.05) is 17.6 Å². The van der Waals surface area contributed by atoms with Crippen LogP contribution < -0.4 is 10.6 Å². The zero-order chi connectivity index (χ0) is 21.7. The molecule has 7 heteroatoms. The van der Waals surface area contributed by atoms with E-state index in [0.29, 0.717) is 0 Å². The van der Waals surface area contributed by atoms with Crippen LogP contribution in [0.4, 0.5) is 5.69 Å². The lowest BCUT2D eigenvalue weighted by Gasteiger charge is -2.13. The fraction of sp³-hybridized carbons (Fsp3) is 0.261.